The summed E-state index contributed by atoms with van der Waals surface area (Å²) in [6, 6.07) is -3.59. The fourth-order valence-corrected chi connectivity index (χ4v) is 2.61. The highest BCUT2D eigenvalue weighted by atomic mass is 32.2. The molecule has 20 heavy (non-hydrogen) atoms. The van der Waals surface area contributed by atoms with Gasteiger partial charge in [-0.1, -0.05) is 0 Å². The van der Waals surface area contributed by atoms with Gasteiger partial charge in [-0.05, 0) is 0 Å². The smallest absolute Gasteiger partial charge is 0.326 e. The van der Waals surface area contributed by atoms with Gasteiger partial charge in [-0.3, -0.25) is 9.59 Å². The van der Waals surface area contributed by atoms with Gasteiger partial charge in [0.1, 0.15) is 12.1 Å². The highest BCUT2D eigenvalue weighted by molar-refractivity contribution is 7.89. The molecule has 2 atom stereocenters. The van der Waals surface area contributed by atoms with E-state index < -0.39 is 44.1 Å². The van der Waals surface area contributed by atoms with Crippen molar-refractivity contribution in [1.29, 1.82) is 0 Å². The van der Waals surface area contributed by atoms with E-state index in [2.05, 4.69) is 9.47 Å². The monoisotopic (exact) mass is 332 g/mol. The molecule has 0 saturated heterocycles. The molecule has 0 heterocycles. The molecule has 0 amide bonds. The molecule has 0 aromatic rings. The molecule has 0 aromatic carbocycles. The molecule has 0 fully saturated rings. The van der Waals surface area contributed by atoms with Crippen molar-refractivity contribution in [1.82, 2.24) is 9.44 Å². The van der Waals surface area contributed by atoms with Gasteiger partial charge in [0, 0.05) is 0 Å². The van der Waals surface area contributed by atoms with Gasteiger partial charge in [0.05, 0.1) is 26.7 Å². The predicted octanol–water partition coefficient (Wildman–Crippen LogP) is -2.83. The highest BCUT2D eigenvalue weighted by Crippen LogP contribution is 2.03. The fraction of sp³-hybridized carbons (Fsp3) is 0.750. The zero-order chi connectivity index (χ0) is 16.1. The number of ether oxygens (including phenoxy) is 2. The molecule has 0 aliphatic rings. The Labute approximate surface area is 116 Å². The molecule has 0 aliphatic carbocycles. The van der Waals surface area contributed by atoms with E-state index in [4.69, 9.17) is 0 Å². The van der Waals surface area contributed by atoms with Crippen LogP contribution in [0.25, 0.3) is 0 Å². The van der Waals surface area contributed by atoms with Crippen LogP contribution in [0.2, 0.25) is 0 Å². The van der Waals surface area contributed by atoms with Crippen molar-refractivity contribution in [2.24, 2.45) is 0 Å². The summed E-state index contributed by atoms with van der Waals surface area (Å²) in [5, 5.41) is 0. The van der Waals surface area contributed by atoms with E-state index in [0.29, 0.717) is 0 Å². The van der Waals surface area contributed by atoms with Crippen molar-refractivity contribution < 1.29 is 35.9 Å². The normalized spacial score (nSPS) is 15.2. The Hall–Kier alpha value is -1.24. The number of esters is 2. The number of nitrogens with one attached hydrogen (secondary N) is 2. The van der Waals surface area contributed by atoms with Gasteiger partial charge in [-0.2, -0.15) is 9.44 Å². The number of sulfonamides is 2. The summed E-state index contributed by atoms with van der Waals surface area (Å²) in [4.78, 5) is 23.1. The maximum absolute atomic E-state index is 11.5. The first-order valence-corrected chi connectivity index (χ1v) is 8.80. The molecule has 2 N–H and O–H groups in total. The van der Waals surface area contributed by atoms with E-state index in [9.17, 15) is 26.4 Å². The molecule has 0 aromatic heterocycles. The lowest BCUT2D eigenvalue weighted by molar-refractivity contribution is -0.151. The number of hydrogen-bond donors (Lipinski definition) is 2. The molecular weight excluding hydrogens is 316 g/mol. The Morgan fingerprint density at radius 2 is 1.05 bits per heavy atom. The third-order valence-corrected chi connectivity index (χ3v) is 3.29. The third kappa shape index (κ3) is 6.79. The maximum Gasteiger partial charge on any atom is 0.326 e. The largest absolute Gasteiger partial charge is 0.468 e. The van der Waals surface area contributed by atoms with E-state index in [0.717, 1.165) is 26.7 Å². The van der Waals surface area contributed by atoms with Crippen molar-refractivity contribution in [3.05, 3.63) is 0 Å². The van der Waals surface area contributed by atoms with Gasteiger partial charge in [0.25, 0.3) is 0 Å². The number of methoxy groups -OCH3 is 2. The molecule has 0 rings (SSSR count). The van der Waals surface area contributed by atoms with Gasteiger partial charge >= 0.3 is 11.9 Å². The lowest BCUT2D eigenvalue weighted by Crippen LogP contribution is -2.59. The van der Waals surface area contributed by atoms with Crippen LogP contribution in [-0.2, 0) is 39.1 Å². The van der Waals surface area contributed by atoms with E-state index in [1.54, 1.807) is 0 Å². The van der Waals surface area contributed by atoms with Gasteiger partial charge in [-0.25, -0.2) is 16.8 Å². The molecule has 0 aliphatic heterocycles. The van der Waals surface area contributed by atoms with Crippen LogP contribution >= 0.6 is 0 Å². The molecule has 0 bridgehead atoms. The summed E-state index contributed by atoms with van der Waals surface area (Å²) in [6.45, 7) is 0. The Morgan fingerprint density at radius 1 is 0.800 bits per heavy atom. The van der Waals surface area contributed by atoms with Crippen LogP contribution in [0.3, 0.4) is 0 Å². The summed E-state index contributed by atoms with van der Waals surface area (Å²) in [5.41, 5.74) is 0. The minimum absolute atomic E-state index is 0.734. The minimum Gasteiger partial charge on any atom is -0.468 e. The lowest BCUT2D eigenvalue weighted by Gasteiger charge is -2.23. The number of hydrogen-bond acceptors (Lipinski definition) is 8. The molecule has 0 saturated carbocycles. The van der Waals surface area contributed by atoms with E-state index in [-0.39, 0.29) is 0 Å². The molecule has 10 nitrogen and oxygen atoms in total. The Morgan fingerprint density at radius 3 is 1.20 bits per heavy atom. The first kappa shape index (κ1) is 18.8. The summed E-state index contributed by atoms with van der Waals surface area (Å²) < 4.78 is 57.1. The fourth-order valence-electron chi connectivity index (χ4n) is 1.22. The first-order valence-electron chi connectivity index (χ1n) is 5.01. The second-order valence-corrected chi connectivity index (χ2v) is 7.34. The van der Waals surface area contributed by atoms with Crippen molar-refractivity contribution in [3.63, 3.8) is 0 Å². The van der Waals surface area contributed by atoms with Crippen molar-refractivity contribution in [3.8, 4) is 0 Å². The van der Waals surface area contributed by atoms with Crippen molar-refractivity contribution >= 4 is 32.0 Å². The Balaban J connectivity index is 5.62. The van der Waals surface area contributed by atoms with Gasteiger partial charge in [0.2, 0.25) is 20.0 Å². The average Bonchev–Trinajstić information content (AvgIpc) is 2.29. The van der Waals surface area contributed by atoms with Gasteiger partial charge in [-0.15, -0.1) is 0 Å². The predicted molar refractivity (Wildman–Crippen MR) is 67.6 cm³/mol. The molecule has 0 unspecified atom stereocenters. The molecular formula is C8H16N2O8S2. The van der Waals surface area contributed by atoms with E-state index in [1.807, 2.05) is 9.44 Å². The van der Waals surface area contributed by atoms with Crippen LogP contribution in [0.1, 0.15) is 0 Å². The average molecular weight is 332 g/mol. The van der Waals surface area contributed by atoms with Crippen LogP contribution in [0.15, 0.2) is 0 Å². The summed E-state index contributed by atoms with van der Waals surface area (Å²) >= 11 is 0. The Bertz CT molecular complexity index is 515. The minimum atomic E-state index is -3.91. The number of rotatable bonds is 7. The summed E-state index contributed by atoms with van der Waals surface area (Å²) in [6.07, 6.45) is 1.47. The lowest BCUT2D eigenvalue weighted by atomic mass is 10.1. The van der Waals surface area contributed by atoms with E-state index in [1.165, 1.54) is 0 Å². The van der Waals surface area contributed by atoms with Gasteiger partial charge < -0.3 is 9.47 Å². The molecule has 118 valence electrons. The first-order chi connectivity index (χ1) is 8.91. The van der Waals surface area contributed by atoms with Crippen LogP contribution < -0.4 is 9.44 Å². The maximum atomic E-state index is 11.5. The third-order valence-electron chi connectivity index (χ3n) is 1.93. The second kappa shape index (κ2) is 6.97. The standard InChI is InChI=1S/C8H16N2O8S2/c1-17-7(11)5(9-19(3,13)14)6(8(12)18-2)10-20(4,15)16/h5-6,9-10H,1-4H3/t5-,6+. The Kier molecular flexibility index (Phi) is 6.53. The molecule has 0 radical (unpaired) electrons. The summed E-state index contributed by atoms with van der Waals surface area (Å²) in [5.74, 6) is -2.30. The van der Waals surface area contributed by atoms with Crippen LogP contribution in [-0.4, -0.2) is 67.6 Å². The van der Waals surface area contributed by atoms with Crippen LogP contribution in [0.5, 0.6) is 0 Å². The number of carbonyl (C=O) groups excluding carboxylic acids is 2. The van der Waals surface area contributed by atoms with Crippen molar-refractivity contribution in [2.75, 3.05) is 26.7 Å². The zero-order valence-electron chi connectivity index (χ0n) is 11.2. The summed E-state index contributed by atoms with van der Waals surface area (Å²) in [7, 11) is -5.92. The van der Waals surface area contributed by atoms with Crippen molar-refractivity contribution in [2.45, 2.75) is 12.1 Å². The van der Waals surface area contributed by atoms with E-state index >= 15 is 0 Å². The van der Waals surface area contributed by atoms with Crippen LogP contribution in [0, 0.1) is 0 Å². The quantitative estimate of drug-likeness (QED) is 0.474. The number of carbonyl (C=O) groups is 2. The molecule has 0 spiro atoms. The zero-order valence-corrected chi connectivity index (χ0v) is 12.9. The topological polar surface area (TPSA) is 145 Å². The molecule has 12 heteroatoms. The van der Waals surface area contributed by atoms with Gasteiger partial charge in [0.15, 0.2) is 0 Å². The SMILES string of the molecule is COC(=O)[C@@H](NS(C)(=O)=O)[C@@H](NS(C)(=O)=O)C(=O)OC. The highest BCUT2D eigenvalue weighted by Gasteiger charge is 2.39. The van der Waals surface area contributed by atoms with Crippen LogP contribution in [0.4, 0.5) is 0 Å². The second-order valence-electron chi connectivity index (χ2n) is 3.78.